The largest absolute Gasteiger partial charge is 0.473 e. The fourth-order valence-corrected chi connectivity index (χ4v) is 3.09. The van der Waals surface area contributed by atoms with Crippen LogP contribution in [-0.2, 0) is 6.61 Å². The number of nitrogens with zero attached hydrogens (tertiary/aromatic N) is 2. The molecule has 0 atom stereocenters. The Kier molecular flexibility index (Phi) is 6.07. The van der Waals surface area contributed by atoms with Crippen molar-refractivity contribution >= 4 is 17.2 Å². The van der Waals surface area contributed by atoms with Crippen LogP contribution in [0, 0.1) is 5.82 Å². The highest BCUT2D eigenvalue weighted by Gasteiger charge is 2.14. The molecule has 0 radical (unpaired) electrons. The zero-order valence-electron chi connectivity index (χ0n) is 14.8. The van der Waals surface area contributed by atoms with Gasteiger partial charge in [-0.15, -0.1) is 0 Å². The molecule has 2 heterocycles. The van der Waals surface area contributed by atoms with Gasteiger partial charge in [0.05, 0.1) is 5.69 Å². The van der Waals surface area contributed by atoms with E-state index >= 15 is 0 Å². The van der Waals surface area contributed by atoms with Gasteiger partial charge in [-0.1, -0.05) is 42.0 Å². The van der Waals surface area contributed by atoms with E-state index in [0.717, 1.165) is 31.7 Å². The summed E-state index contributed by atoms with van der Waals surface area (Å²) in [6.45, 7) is 8.94. The van der Waals surface area contributed by atoms with Crippen molar-refractivity contribution in [2.45, 2.75) is 20.0 Å². The number of benzene rings is 1. The molecular formula is C21H22ClFN2O. The van der Waals surface area contributed by atoms with Crippen LogP contribution in [0.15, 0.2) is 54.6 Å². The van der Waals surface area contributed by atoms with E-state index in [9.17, 15) is 4.39 Å². The fourth-order valence-electron chi connectivity index (χ4n) is 2.93. The van der Waals surface area contributed by atoms with Crippen LogP contribution in [0.5, 0.6) is 5.88 Å². The first-order valence-electron chi connectivity index (χ1n) is 8.61. The molecule has 0 fully saturated rings. The molecule has 1 aliphatic rings. The third kappa shape index (κ3) is 4.93. The summed E-state index contributed by atoms with van der Waals surface area (Å²) in [7, 11) is 0. The quantitative estimate of drug-likeness (QED) is 0.658. The second kappa shape index (κ2) is 8.47. The van der Waals surface area contributed by atoms with E-state index in [0.29, 0.717) is 16.5 Å². The van der Waals surface area contributed by atoms with Crippen LogP contribution in [0.1, 0.15) is 24.6 Å². The first-order valence-corrected chi connectivity index (χ1v) is 8.99. The molecule has 5 heteroatoms. The lowest BCUT2D eigenvalue weighted by Gasteiger charge is -2.26. The van der Waals surface area contributed by atoms with E-state index < -0.39 is 0 Å². The number of ether oxygens (including phenoxy) is 1. The molecule has 0 unspecified atom stereocenters. The lowest BCUT2D eigenvalue weighted by Crippen LogP contribution is -2.29. The zero-order chi connectivity index (χ0) is 18.5. The van der Waals surface area contributed by atoms with Crippen LogP contribution < -0.4 is 4.74 Å². The maximum absolute atomic E-state index is 13.8. The number of hydrogen-bond donors (Lipinski definition) is 0. The van der Waals surface area contributed by atoms with Gasteiger partial charge in [0.1, 0.15) is 12.4 Å². The molecule has 0 bridgehead atoms. The molecule has 2 aromatic rings. The van der Waals surface area contributed by atoms with E-state index in [1.807, 2.05) is 19.1 Å². The Morgan fingerprint density at radius 2 is 2.19 bits per heavy atom. The van der Waals surface area contributed by atoms with Crippen LogP contribution in [0.3, 0.4) is 0 Å². The molecule has 0 amide bonds. The normalized spacial score (nSPS) is 14.8. The number of aromatic nitrogens is 1. The summed E-state index contributed by atoms with van der Waals surface area (Å²) in [5.74, 6) is 0.114. The number of pyridine rings is 1. The third-order valence-electron chi connectivity index (χ3n) is 4.23. The molecule has 0 spiro atoms. The number of rotatable bonds is 6. The Morgan fingerprint density at radius 1 is 1.35 bits per heavy atom. The van der Waals surface area contributed by atoms with Gasteiger partial charge in [0.15, 0.2) is 0 Å². The molecule has 26 heavy (non-hydrogen) atoms. The summed E-state index contributed by atoms with van der Waals surface area (Å²) >= 11 is 5.77. The van der Waals surface area contributed by atoms with Crippen molar-refractivity contribution in [3.63, 3.8) is 0 Å². The summed E-state index contributed by atoms with van der Waals surface area (Å²) in [5, 5.41) is 0.372. The zero-order valence-corrected chi connectivity index (χ0v) is 15.6. The minimum absolute atomic E-state index is 0.116. The molecule has 0 aliphatic carbocycles. The molecule has 0 saturated carbocycles. The highest BCUT2D eigenvalue weighted by atomic mass is 35.5. The molecule has 1 aliphatic heterocycles. The summed E-state index contributed by atoms with van der Waals surface area (Å²) in [5.41, 5.74) is 3.75. The molecule has 0 saturated heterocycles. The molecule has 136 valence electrons. The van der Waals surface area contributed by atoms with Crippen LogP contribution in [0.2, 0.25) is 5.02 Å². The number of halogens is 2. The van der Waals surface area contributed by atoms with E-state index in [1.54, 1.807) is 18.2 Å². The number of hydrogen-bond acceptors (Lipinski definition) is 3. The Morgan fingerprint density at radius 3 is 2.88 bits per heavy atom. The molecule has 0 N–H and O–H groups in total. The predicted octanol–water partition coefficient (Wildman–Crippen LogP) is 5.12. The van der Waals surface area contributed by atoms with Gasteiger partial charge in [0.2, 0.25) is 5.88 Å². The Hall–Kier alpha value is -2.17. The van der Waals surface area contributed by atoms with Gasteiger partial charge in [-0.2, -0.15) is 0 Å². The molecule has 3 rings (SSSR count). The van der Waals surface area contributed by atoms with E-state index in [-0.39, 0.29) is 12.4 Å². The average molecular weight is 373 g/mol. The van der Waals surface area contributed by atoms with Gasteiger partial charge >= 0.3 is 0 Å². The first kappa shape index (κ1) is 18.6. The summed E-state index contributed by atoms with van der Waals surface area (Å²) in [6.07, 6.45) is 3.15. The van der Waals surface area contributed by atoms with Gasteiger partial charge in [-0.3, -0.25) is 4.90 Å². The Bertz CT molecular complexity index is 835. The first-order chi connectivity index (χ1) is 12.5. The third-order valence-corrected chi connectivity index (χ3v) is 4.47. The smallest absolute Gasteiger partial charge is 0.214 e. The van der Waals surface area contributed by atoms with Crippen molar-refractivity contribution in [3.8, 4) is 5.88 Å². The maximum Gasteiger partial charge on any atom is 0.214 e. The second-order valence-corrected chi connectivity index (χ2v) is 6.99. The predicted molar refractivity (Wildman–Crippen MR) is 104 cm³/mol. The molecule has 3 nitrogen and oxygen atoms in total. The maximum atomic E-state index is 13.8. The van der Waals surface area contributed by atoms with Crippen molar-refractivity contribution in [1.29, 1.82) is 0 Å². The van der Waals surface area contributed by atoms with Gasteiger partial charge in [-0.05, 0) is 37.1 Å². The topological polar surface area (TPSA) is 25.4 Å². The highest BCUT2D eigenvalue weighted by molar-refractivity contribution is 6.30. The molecular weight excluding hydrogens is 351 g/mol. The molecule has 1 aromatic heterocycles. The van der Waals surface area contributed by atoms with Crippen molar-refractivity contribution in [1.82, 2.24) is 9.88 Å². The van der Waals surface area contributed by atoms with E-state index in [4.69, 9.17) is 16.3 Å². The highest BCUT2D eigenvalue weighted by Crippen LogP contribution is 2.23. The van der Waals surface area contributed by atoms with Crippen LogP contribution in [-0.4, -0.2) is 29.5 Å². The summed E-state index contributed by atoms with van der Waals surface area (Å²) in [4.78, 5) is 6.93. The van der Waals surface area contributed by atoms with Gasteiger partial charge in [0, 0.05) is 36.3 Å². The monoisotopic (exact) mass is 372 g/mol. The lowest BCUT2D eigenvalue weighted by molar-refractivity contribution is 0.287. The minimum Gasteiger partial charge on any atom is -0.473 e. The molecule has 1 aromatic carbocycles. The second-order valence-electron chi connectivity index (χ2n) is 6.56. The standard InChI is InChI=1S/C21H22ClFN2O/c1-15(2)13-25-10-8-16(9-11-25)20-4-3-5-21(24-20)26-14-17-6-7-18(22)12-19(17)23/h3-8,12H,1,9-11,13-14H2,2H3. The fraction of sp³-hybridized carbons (Fsp3) is 0.286. The van der Waals surface area contributed by atoms with Gasteiger partial charge < -0.3 is 4.74 Å². The van der Waals surface area contributed by atoms with Crippen molar-refractivity contribution < 1.29 is 9.13 Å². The van der Waals surface area contributed by atoms with Crippen LogP contribution >= 0.6 is 11.6 Å². The van der Waals surface area contributed by atoms with Crippen molar-refractivity contribution in [2.75, 3.05) is 19.6 Å². The van der Waals surface area contributed by atoms with Crippen LogP contribution in [0.4, 0.5) is 4.39 Å². The van der Waals surface area contributed by atoms with Crippen molar-refractivity contribution in [2.24, 2.45) is 0 Å². The van der Waals surface area contributed by atoms with Crippen molar-refractivity contribution in [3.05, 3.63) is 76.7 Å². The Labute approximate surface area is 158 Å². The van der Waals surface area contributed by atoms with Crippen LogP contribution in [0.25, 0.3) is 5.57 Å². The minimum atomic E-state index is -0.374. The average Bonchev–Trinajstić information content (AvgIpc) is 2.61. The van der Waals surface area contributed by atoms with Gasteiger partial charge in [-0.25, -0.2) is 9.37 Å². The van der Waals surface area contributed by atoms with E-state index in [2.05, 4.69) is 22.5 Å². The SMILES string of the molecule is C=C(C)CN1CC=C(c2cccc(OCc3ccc(Cl)cc3F)n2)CC1. The van der Waals surface area contributed by atoms with Gasteiger partial charge in [0.25, 0.3) is 0 Å². The lowest BCUT2D eigenvalue weighted by atomic mass is 10.0. The van der Waals surface area contributed by atoms with E-state index in [1.165, 1.54) is 17.2 Å². The summed E-state index contributed by atoms with van der Waals surface area (Å²) < 4.78 is 19.5. The summed E-state index contributed by atoms with van der Waals surface area (Å²) in [6, 6.07) is 10.2. The Balaban J connectivity index is 1.65.